The summed E-state index contributed by atoms with van der Waals surface area (Å²) in [6, 6.07) is 1.54. The summed E-state index contributed by atoms with van der Waals surface area (Å²) >= 11 is 4.42. The number of hydrogen-bond donors (Lipinski definition) is 2. The van der Waals surface area contributed by atoms with E-state index in [-0.39, 0.29) is 6.04 Å². The highest BCUT2D eigenvalue weighted by Crippen LogP contribution is 2.27. The monoisotopic (exact) mass is 340 g/mol. The van der Waals surface area contributed by atoms with Gasteiger partial charge in [0.25, 0.3) is 10.0 Å². The van der Waals surface area contributed by atoms with Gasteiger partial charge in [-0.05, 0) is 33.8 Å². The van der Waals surface area contributed by atoms with E-state index >= 15 is 0 Å². The SMILES string of the molecule is CCCC[C@H](CN)NS(=O)(=O)c1sccc1Br. The minimum Gasteiger partial charge on any atom is -0.329 e. The van der Waals surface area contributed by atoms with Crippen LogP contribution in [0.25, 0.3) is 0 Å². The van der Waals surface area contributed by atoms with Crippen LogP contribution in [0.2, 0.25) is 0 Å². The van der Waals surface area contributed by atoms with Crippen molar-refractivity contribution in [3.63, 3.8) is 0 Å². The lowest BCUT2D eigenvalue weighted by Gasteiger charge is -2.16. The molecule has 0 aliphatic carbocycles. The highest BCUT2D eigenvalue weighted by atomic mass is 79.9. The number of sulfonamides is 1. The Hall–Kier alpha value is 0.0500. The van der Waals surface area contributed by atoms with Crippen LogP contribution in [0.1, 0.15) is 26.2 Å². The smallest absolute Gasteiger partial charge is 0.251 e. The van der Waals surface area contributed by atoms with Gasteiger partial charge in [-0.15, -0.1) is 11.3 Å². The van der Waals surface area contributed by atoms with Crippen molar-refractivity contribution in [3.8, 4) is 0 Å². The minimum absolute atomic E-state index is 0.186. The highest BCUT2D eigenvalue weighted by Gasteiger charge is 2.22. The average Bonchev–Trinajstić information content (AvgIpc) is 2.71. The minimum atomic E-state index is -3.45. The molecule has 1 aromatic rings. The van der Waals surface area contributed by atoms with Gasteiger partial charge in [-0.3, -0.25) is 0 Å². The van der Waals surface area contributed by atoms with Gasteiger partial charge in [-0.2, -0.15) is 0 Å². The van der Waals surface area contributed by atoms with Crippen LogP contribution >= 0.6 is 27.3 Å². The molecule has 0 aliphatic rings. The van der Waals surface area contributed by atoms with Gasteiger partial charge in [0.2, 0.25) is 0 Å². The molecule has 0 spiro atoms. The standard InChI is InChI=1S/C10H17BrN2O2S2/c1-2-3-4-8(7-12)13-17(14,15)10-9(11)5-6-16-10/h5-6,8,13H,2-4,7,12H2,1H3/t8-/m1/s1. The largest absolute Gasteiger partial charge is 0.329 e. The molecule has 0 amide bonds. The quantitative estimate of drug-likeness (QED) is 0.799. The number of unbranched alkanes of at least 4 members (excludes halogenated alkanes) is 1. The zero-order valence-electron chi connectivity index (χ0n) is 9.65. The van der Waals surface area contributed by atoms with Crippen molar-refractivity contribution in [1.29, 1.82) is 0 Å². The molecule has 0 bridgehead atoms. The highest BCUT2D eigenvalue weighted by molar-refractivity contribution is 9.10. The first-order chi connectivity index (χ1) is 8.01. The molecule has 1 heterocycles. The van der Waals surface area contributed by atoms with Crippen LogP contribution in [0.15, 0.2) is 20.1 Å². The summed E-state index contributed by atoms with van der Waals surface area (Å²) in [6.45, 7) is 2.39. The first kappa shape index (κ1) is 15.1. The zero-order chi connectivity index (χ0) is 12.9. The molecule has 1 atom stereocenters. The van der Waals surface area contributed by atoms with Crippen molar-refractivity contribution in [2.75, 3.05) is 6.54 Å². The van der Waals surface area contributed by atoms with Crippen LogP contribution in [0.4, 0.5) is 0 Å². The lowest BCUT2D eigenvalue weighted by Crippen LogP contribution is -2.39. The van der Waals surface area contributed by atoms with Crippen molar-refractivity contribution in [2.24, 2.45) is 5.73 Å². The fraction of sp³-hybridized carbons (Fsp3) is 0.600. The zero-order valence-corrected chi connectivity index (χ0v) is 12.9. The molecule has 0 radical (unpaired) electrons. The molecule has 0 fully saturated rings. The molecule has 98 valence electrons. The fourth-order valence-electron chi connectivity index (χ4n) is 1.42. The molecule has 0 aromatic carbocycles. The number of halogens is 1. The predicted molar refractivity (Wildman–Crippen MR) is 74.7 cm³/mol. The van der Waals surface area contributed by atoms with Crippen molar-refractivity contribution in [1.82, 2.24) is 4.72 Å². The van der Waals surface area contributed by atoms with Gasteiger partial charge in [0, 0.05) is 17.1 Å². The van der Waals surface area contributed by atoms with Gasteiger partial charge < -0.3 is 5.73 Å². The second kappa shape index (κ2) is 6.84. The first-order valence-electron chi connectivity index (χ1n) is 5.46. The van der Waals surface area contributed by atoms with Gasteiger partial charge in [0.1, 0.15) is 4.21 Å². The molecule has 3 N–H and O–H groups in total. The van der Waals surface area contributed by atoms with E-state index in [1.165, 1.54) is 11.3 Å². The summed E-state index contributed by atoms with van der Waals surface area (Å²) in [5, 5.41) is 1.74. The number of hydrogen-bond acceptors (Lipinski definition) is 4. The predicted octanol–water partition coefficient (Wildman–Crippen LogP) is 2.31. The third-order valence-corrected chi connectivity index (χ3v) is 6.53. The Morgan fingerprint density at radius 2 is 2.29 bits per heavy atom. The van der Waals surface area contributed by atoms with Crippen LogP contribution in [0.5, 0.6) is 0 Å². The number of thiophene rings is 1. The summed E-state index contributed by atoms with van der Waals surface area (Å²) in [5.41, 5.74) is 5.58. The third-order valence-electron chi connectivity index (χ3n) is 2.34. The average molecular weight is 341 g/mol. The Morgan fingerprint density at radius 3 is 2.76 bits per heavy atom. The summed E-state index contributed by atoms with van der Waals surface area (Å²) in [7, 11) is -3.45. The lowest BCUT2D eigenvalue weighted by atomic mass is 10.1. The normalized spacial score (nSPS) is 13.8. The second-order valence-electron chi connectivity index (χ2n) is 3.75. The molecule has 7 heteroatoms. The van der Waals surface area contributed by atoms with E-state index in [1.807, 2.05) is 0 Å². The third kappa shape index (κ3) is 4.33. The van der Waals surface area contributed by atoms with Crippen molar-refractivity contribution in [2.45, 2.75) is 36.4 Å². The molecular formula is C10H17BrN2O2S2. The van der Waals surface area contributed by atoms with Gasteiger partial charge in [-0.1, -0.05) is 19.8 Å². The van der Waals surface area contributed by atoms with E-state index in [4.69, 9.17) is 5.73 Å². The van der Waals surface area contributed by atoms with Gasteiger partial charge >= 0.3 is 0 Å². The maximum Gasteiger partial charge on any atom is 0.251 e. The Balaban J connectivity index is 2.75. The molecular weight excluding hydrogens is 324 g/mol. The Labute approximate surface area is 115 Å². The number of rotatable bonds is 7. The summed E-state index contributed by atoms with van der Waals surface area (Å²) < 4.78 is 27.7. The molecule has 0 saturated heterocycles. The van der Waals surface area contributed by atoms with Crippen LogP contribution in [0.3, 0.4) is 0 Å². The summed E-state index contributed by atoms with van der Waals surface area (Å²) in [6.07, 6.45) is 2.77. The number of nitrogens with two attached hydrogens (primary N) is 1. The van der Waals surface area contributed by atoms with Crippen molar-refractivity contribution < 1.29 is 8.42 Å². The lowest BCUT2D eigenvalue weighted by molar-refractivity contribution is 0.517. The second-order valence-corrected chi connectivity index (χ2v) is 7.43. The topological polar surface area (TPSA) is 72.2 Å². The summed E-state index contributed by atoms with van der Waals surface area (Å²) in [4.78, 5) is 0. The Morgan fingerprint density at radius 1 is 1.59 bits per heavy atom. The van der Waals surface area contributed by atoms with Crippen molar-refractivity contribution >= 4 is 37.3 Å². The molecule has 17 heavy (non-hydrogen) atoms. The van der Waals surface area contributed by atoms with E-state index in [0.717, 1.165) is 19.3 Å². The van der Waals surface area contributed by atoms with Crippen molar-refractivity contribution in [3.05, 3.63) is 15.9 Å². The molecule has 4 nitrogen and oxygen atoms in total. The molecule has 0 saturated carbocycles. The fourth-order valence-corrected chi connectivity index (χ4v) is 5.06. The van der Waals surface area contributed by atoms with E-state index in [0.29, 0.717) is 15.2 Å². The maximum atomic E-state index is 12.1. The first-order valence-corrected chi connectivity index (χ1v) is 8.62. The molecule has 1 aromatic heterocycles. The van der Waals surface area contributed by atoms with Crippen LogP contribution in [-0.4, -0.2) is 21.0 Å². The summed E-state index contributed by atoms with van der Waals surface area (Å²) in [5.74, 6) is 0. The van der Waals surface area contributed by atoms with Crippen LogP contribution in [0, 0.1) is 0 Å². The van der Waals surface area contributed by atoms with Gasteiger partial charge in [-0.25, -0.2) is 13.1 Å². The van der Waals surface area contributed by atoms with E-state index in [1.54, 1.807) is 11.4 Å². The Bertz CT molecular complexity index is 445. The van der Waals surface area contributed by atoms with E-state index < -0.39 is 10.0 Å². The van der Waals surface area contributed by atoms with Gasteiger partial charge in [0.05, 0.1) is 0 Å². The number of nitrogens with one attached hydrogen (secondary N) is 1. The molecule has 0 unspecified atom stereocenters. The van der Waals surface area contributed by atoms with Crippen LogP contribution in [-0.2, 0) is 10.0 Å². The van der Waals surface area contributed by atoms with E-state index in [2.05, 4.69) is 27.6 Å². The Kier molecular flexibility index (Phi) is 6.08. The van der Waals surface area contributed by atoms with E-state index in [9.17, 15) is 8.42 Å². The molecule has 1 rings (SSSR count). The van der Waals surface area contributed by atoms with Crippen LogP contribution < -0.4 is 10.5 Å². The van der Waals surface area contributed by atoms with Gasteiger partial charge in [0.15, 0.2) is 0 Å². The maximum absolute atomic E-state index is 12.1. The molecule has 0 aliphatic heterocycles.